The second kappa shape index (κ2) is 4.99. The first-order valence-electron chi connectivity index (χ1n) is 6.11. The predicted molar refractivity (Wildman–Crippen MR) is 80.3 cm³/mol. The quantitative estimate of drug-likeness (QED) is 0.726. The molecule has 20 heavy (non-hydrogen) atoms. The lowest BCUT2D eigenvalue weighted by Gasteiger charge is -2.14. The maximum atomic E-state index is 5.93. The second-order valence-electron chi connectivity index (χ2n) is 4.52. The summed E-state index contributed by atoms with van der Waals surface area (Å²) >= 11 is 7.61. The number of aryl methyl sites for hydroxylation is 2. The number of rotatable bonds is 3. The number of aromatic amines is 1. The van der Waals surface area contributed by atoms with Crippen LogP contribution >= 0.6 is 22.9 Å². The van der Waals surface area contributed by atoms with Crippen LogP contribution in [0.5, 0.6) is 0 Å². The van der Waals surface area contributed by atoms with Crippen LogP contribution in [0.2, 0.25) is 5.28 Å². The van der Waals surface area contributed by atoms with Gasteiger partial charge in [0.15, 0.2) is 5.65 Å². The molecule has 3 rings (SSSR count). The number of aromatic nitrogens is 5. The minimum atomic E-state index is 0.0882. The van der Waals surface area contributed by atoms with E-state index in [9.17, 15) is 0 Å². The van der Waals surface area contributed by atoms with Crippen molar-refractivity contribution in [3.63, 3.8) is 0 Å². The largest absolute Gasteiger partial charge is 0.362 e. The van der Waals surface area contributed by atoms with E-state index in [-0.39, 0.29) is 11.3 Å². The van der Waals surface area contributed by atoms with Gasteiger partial charge in [0.1, 0.15) is 5.82 Å². The van der Waals surface area contributed by atoms with Crippen LogP contribution < -0.4 is 5.32 Å². The highest BCUT2D eigenvalue weighted by atomic mass is 35.5. The predicted octanol–water partition coefficient (Wildman–Crippen LogP) is 3.25. The number of nitrogens with zero attached hydrogens (tertiary/aromatic N) is 4. The molecule has 0 aromatic carbocycles. The maximum Gasteiger partial charge on any atom is 0.226 e. The molecule has 2 N–H and O–H groups in total. The van der Waals surface area contributed by atoms with Crippen LogP contribution in [0.15, 0.2) is 6.20 Å². The SMILES string of the molecule is Cc1nc(C)c(C(C)Nc2nc(Cl)nc3[nH]ncc23)s1. The molecule has 0 saturated heterocycles. The number of fused-ring (bicyclic) bond motifs is 1. The first kappa shape index (κ1) is 13.3. The standard InChI is InChI=1S/C12H13ClN6S/c1-5-9(20-7(3)15-5)6(2)16-10-8-4-14-19-11(8)18-12(13)17-10/h4,6H,1-3H3,(H2,14,16,17,18,19). The molecule has 0 aliphatic carbocycles. The third-order valence-electron chi connectivity index (χ3n) is 2.97. The van der Waals surface area contributed by atoms with E-state index in [0.29, 0.717) is 11.5 Å². The van der Waals surface area contributed by atoms with Crippen LogP contribution in [0, 0.1) is 13.8 Å². The molecule has 0 bridgehead atoms. The van der Waals surface area contributed by atoms with Crippen molar-refractivity contribution >= 4 is 39.8 Å². The molecule has 1 unspecified atom stereocenters. The molecule has 0 radical (unpaired) electrons. The van der Waals surface area contributed by atoms with Gasteiger partial charge in [0.25, 0.3) is 0 Å². The summed E-state index contributed by atoms with van der Waals surface area (Å²) in [4.78, 5) is 14.0. The van der Waals surface area contributed by atoms with E-state index >= 15 is 0 Å². The fraction of sp³-hybridized carbons (Fsp3) is 0.333. The molecule has 0 spiro atoms. The van der Waals surface area contributed by atoms with E-state index in [1.165, 1.54) is 4.88 Å². The Labute approximate surface area is 124 Å². The molecule has 3 aromatic heterocycles. The zero-order valence-corrected chi connectivity index (χ0v) is 12.8. The zero-order valence-electron chi connectivity index (χ0n) is 11.2. The first-order valence-corrected chi connectivity index (χ1v) is 7.31. The maximum absolute atomic E-state index is 5.93. The molecule has 6 nitrogen and oxygen atoms in total. The highest BCUT2D eigenvalue weighted by Gasteiger charge is 2.16. The Morgan fingerprint density at radius 1 is 1.30 bits per heavy atom. The summed E-state index contributed by atoms with van der Waals surface area (Å²) in [5, 5.41) is 12.2. The first-order chi connectivity index (χ1) is 9.54. The number of nitrogens with one attached hydrogen (secondary N) is 2. The van der Waals surface area contributed by atoms with Crippen LogP contribution in [0.1, 0.15) is 28.5 Å². The van der Waals surface area contributed by atoms with Crippen molar-refractivity contribution in [3.05, 3.63) is 27.1 Å². The lowest BCUT2D eigenvalue weighted by atomic mass is 10.2. The van der Waals surface area contributed by atoms with Gasteiger partial charge in [-0.2, -0.15) is 15.1 Å². The summed E-state index contributed by atoms with van der Waals surface area (Å²) in [6.45, 7) is 6.09. The van der Waals surface area contributed by atoms with Gasteiger partial charge in [-0.1, -0.05) is 0 Å². The summed E-state index contributed by atoms with van der Waals surface area (Å²) in [5.74, 6) is 0.673. The van der Waals surface area contributed by atoms with Crippen molar-refractivity contribution in [2.24, 2.45) is 0 Å². The summed E-state index contributed by atoms with van der Waals surface area (Å²) in [7, 11) is 0. The van der Waals surface area contributed by atoms with Gasteiger partial charge >= 0.3 is 0 Å². The number of H-pyrrole nitrogens is 1. The minimum absolute atomic E-state index is 0.0882. The molecule has 0 saturated carbocycles. The number of anilines is 1. The highest BCUT2D eigenvalue weighted by Crippen LogP contribution is 2.29. The molecule has 0 fully saturated rings. The van der Waals surface area contributed by atoms with Crippen molar-refractivity contribution in [1.29, 1.82) is 0 Å². The van der Waals surface area contributed by atoms with Crippen molar-refractivity contribution in [2.45, 2.75) is 26.8 Å². The van der Waals surface area contributed by atoms with Gasteiger partial charge in [0.2, 0.25) is 5.28 Å². The van der Waals surface area contributed by atoms with E-state index in [1.807, 2.05) is 13.8 Å². The van der Waals surface area contributed by atoms with Gasteiger partial charge < -0.3 is 5.32 Å². The molecule has 1 atom stereocenters. The molecule has 0 amide bonds. The molecule has 3 heterocycles. The van der Waals surface area contributed by atoms with Crippen molar-refractivity contribution in [1.82, 2.24) is 25.1 Å². The smallest absolute Gasteiger partial charge is 0.226 e. The molecule has 8 heteroatoms. The Balaban J connectivity index is 1.96. The van der Waals surface area contributed by atoms with Crippen molar-refractivity contribution in [2.75, 3.05) is 5.32 Å². The van der Waals surface area contributed by atoms with Gasteiger partial charge in [0.05, 0.1) is 28.3 Å². The van der Waals surface area contributed by atoms with Crippen LogP contribution in [0.3, 0.4) is 0 Å². The van der Waals surface area contributed by atoms with E-state index < -0.39 is 0 Å². The average Bonchev–Trinajstić information content (AvgIpc) is 2.95. The molecule has 0 aliphatic rings. The van der Waals surface area contributed by atoms with Crippen LogP contribution in [0.25, 0.3) is 11.0 Å². The second-order valence-corrected chi connectivity index (χ2v) is 6.09. The Morgan fingerprint density at radius 3 is 2.80 bits per heavy atom. The molecular weight excluding hydrogens is 296 g/mol. The van der Waals surface area contributed by atoms with Crippen molar-refractivity contribution in [3.8, 4) is 0 Å². The molecular formula is C12H13ClN6S. The number of thiazole rings is 1. The number of hydrogen-bond donors (Lipinski definition) is 2. The fourth-order valence-electron chi connectivity index (χ4n) is 2.14. The lowest BCUT2D eigenvalue weighted by Crippen LogP contribution is -2.08. The van der Waals surface area contributed by atoms with Crippen LogP contribution in [-0.2, 0) is 0 Å². The Bertz CT molecular complexity index is 764. The van der Waals surface area contributed by atoms with E-state index in [2.05, 4.69) is 37.4 Å². The van der Waals surface area contributed by atoms with E-state index in [1.54, 1.807) is 17.5 Å². The fourth-order valence-corrected chi connectivity index (χ4v) is 3.24. The third kappa shape index (κ3) is 2.34. The lowest BCUT2D eigenvalue weighted by molar-refractivity contribution is 0.881. The number of hydrogen-bond acceptors (Lipinski definition) is 6. The third-order valence-corrected chi connectivity index (χ3v) is 4.39. The van der Waals surface area contributed by atoms with Crippen LogP contribution in [0.4, 0.5) is 5.82 Å². The zero-order chi connectivity index (χ0) is 14.3. The molecule has 0 aliphatic heterocycles. The van der Waals surface area contributed by atoms with Gasteiger partial charge in [-0.15, -0.1) is 11.3 Å². The summed E-state index contributed by atoms with van der Waals surface area (Å²) in [6, 6.07) is 0.0882. The van der Waals surface area contributed by atoms with E-state index in [4.69, 9.17) is 11.6 Å². The van der Waals surface area contributed by atoms with E-state index in [0.717, 1.165) is 16.1 Å². The van der Waals surface area contributed by atoms with Crippen LogP contribution in [-0.4, -0.2) is 25.1 Å². The summed E-state index contributed by atoms with van der Waals surface area (Å²) < 4.78 is 0. The minimum Gasteiger partial charge on any atom is -0.362 e. The Hall–Kier alpha value is -1.73. The molecule has 104 valence electrons. The monoisotopic (exact) mass is 308 g/mol. The number of halogens is 1. The Kier molecular flexibility index (Phi) is 3.31. The normalized spacial score (nSPS) is 12.8. The van der Waals surface area contributed by atoms with Gasteiger partial charge in [0, 0.05) is 4.88 Å². The molecule has 3 aromatic rings. The average molecular weight is 309 g/mol. The Morgan fingerprint density at radius 2 is 2.10 bits per heavy atom. The topological polar surface area (TPSA) is 79.4 Å². The summed E-state index contributed by atoms with van der Waals surface area (Å²) in [5.41, 5.74) is 1.66. The van der Waals surface area contributed by atoms with Gasteiger partial charge in [-0.25, -0.2) is 4.98 Å². The highest BCUT2D eigenvalue weighted by molar-refractivity contribution is 7.11. The van der Waals surface area contributed by atoms with Gasteiger partial charge in [-0.05, 0) is 32.4 Å². The summed E-state index contributed by atoms with van der Waals surface area (Å²) in [6.07, 6.45) is 1.69. The van der Waals surface area contributed by atoms with Gasteiger partial charge in [-0.3, -0.25) is 5.10 Å². The van der Waals surface area contributed by atoms with Crippen molar-refractivity contribution < 1.29 is 0 Å².